The summed E-state index contributed by atoms with van der Waals surface area (Å²) in [5.41, 5.74) is 2.04. The average Bonchev–Trinajstić information content (AvgIpc) is 2.88. The van der Waals surface area contributed by atoms with E-state index in [-0.39, 0.29) is 5.54 Å². The lowest BCUT2D eigenvalue weighted by molar-refractivity contribution is 0.0545. The zero-order valence-electron chi connectivity index (χ0n) is 11.2. The summed E-state index contributed by atoms with van der Waals surface area (Å²) < 4.78 is 0. The molecule has 2 aliphatic rings. The Morgan fingerprint density at radius 1 is 1.06 bits per heavy atom. The van der Waals surface area contributed by atoms with E-state index in [1.54, 1.807) is 0 Å². The van der Waals surface area contributed by atoms with Gasteiger partial charge in [0.2, 0.25) is 0 Å². The molecule has 1 nitrogen and oxygen atoms in total. The van der Waals surface area contributed by atoms with Gasteiger partial charge < -0.3 is 5.32 Å². The first-order chi connectivity index (χ1) is 8.13. The number of fused-ring (bicyclic) bond motifs is 2. The van der Waals surface area contributed by atoms with Gasteiger partial charge in [0.05, 0.1) is 5.54 Å². The maximum Gasteiger partial charge on any atom is 0.0515 e. The average molecular weight is 229 g/mol. The van der Waals surface area contributed by atoms with Gasteiger partial charge >= 0.3 is 0 Å². The van der Waals surface area contributed by atoms with Crippen molar-refractivity contribution in [2.45, 2.75) is 38.6 Å². The van der Waals surface area contributed by atoms with Gasteiger partial charge in [0.25, 0.3) is 0 Å². The monoisotopic (exact) mass is 229 g/mol. The third kappa shape index (κ3) is 1.24. The second kappa shape index (κ2) is 3.58. The summed E-state index contributed by atoms with van der Waals surface area (Å²) in [6.07, 6.45) is 4.22. The van der Waals surface area contributed by atoms with Gasteiger partial charge in [-0.3, -0.25) is 0 Å². The lowest BCUT2D eigenvalue weighted by Gasteiger charge is -2.50. The van der Waals surface area contributed by atoms with Crippen molar-refractivity contribution in [3.8, 4) is 0 Å². The molecule has 2 saturated carbocycles. The molecule has 3 unspecified atom stereocenters. The molecule has 17 heavy (non-hydrogen) atoms. The van der Waals surface area contributed by atoms with E-state index in [1.165, 1.54) is 24.8 Å². The topological polar surface area (TPSA) is 12.0 Å². The van der Waals surface area contributed by atoms with Crippen molar-refractivity contribution in [2.24, 2.45) is 17.3 Å². The molecule has 0 spiro atoms. The highest BCUT2D eigenvalue weighted by atomic mass is 15.0. The van der Waals surface area contributed by atoms with Crippen LogP contribution >= 0.6 is 0 Å². The molecule has 2 bridgehead atoms. The predicted molar refractivity (Wildman–Crippen MR) is 71.8 cm³/mol. The van der Waals surface area contributed by atoms with Crippen molar-refractivity contribution in [3.05, 3.63) is 35.9 Å². The highest BCUT2D eigenvalue weighted by Crippen LogP contribution is 2.65. The first-order valence-electron chi connectivity index (χ1n) is 6.87. The van der Waals surface area contributed by atoms with Gasteiger partial charge in [-0.1, -0.05) is 44.2 Å². The first-order valence-corrected chi connectivity index (χ1v) is 6.87. The number of nitrogens with one attached hydrogen (secondary N) is 1. The minimum atomic E-state index is 0.192. The van der Waals surface area contributed by atoms with E-state index in [4.69, 9.17) is 0 Å². The Hall–Kier alpha value is -0.820. The van der Waals surface area contributed by atoms with Gasteiger partial charge in [0.1, 0.15) is 0 Å². The molecule has 3 atom stereocenters. The number of hydrogen-bond acceptors (Lipinski definition) is 1. The van der Waals surface area contributed by atoms with Gasteiger partial charge in [0.15, 0.2) is 0 Å². The third-order valence-corrected chi connectivity index (χ3v) is 5.71. The lowest BCUT2D eigenvalue weighted by Crippen LogP contribution is -2.55. The van der Waals surface area contributed by atoms with Crippen molar-refractivity contribution >= 4 is 0 Å². The summed E-state index contributed by atoms with van der Waals surface area (Å²) in [6, 6.07) is 11.1. The van der Waals surface area contributed by atoms with Crippen molar-refractivity contribution < 1.29 is 0 Å². The molecule has 3 rings (SSSR count). The van der Waals surface area contributed by atoms with E-state index in [1.807, 2.05) is 0 Å². The van der Waals surface area contributed by atoms with E-state index in [9.17, 15) is 0 Å². The third-order valence-electron chi connectivity index (χ3n) is 5.71. The van der Waals surface area contributed by atoms with Crippen LogP contribution in [0.2, 0.25) is 0 Å². The van der Waals surface area contributed by atoms with Crippen molar-refractivity contribution in [1.82, 2.24) is 5.32 Å². The van der Waals surface area contributed by atoms with Crippen molar-refractivity contribution in [1.29, 1.82) is 0 Å². The van der Waals surface area contributed by atoms with Crippen LogP contribution in [-0.2, 0) is 5.54 Å². The number of hydrogen-bond donors (Lipinski definition) is 1. The molecule has 0 radical (unpaired) electrons. The van der Waals surface area contributed by atoms with Crippen LogP contribution in [0.4, 0.5) is 0 Å². The fourth-order valence-corrected chi connectivity index (χ4v) is 4.86. The first kappa shape index (κ1) is 11.3. The van der Waals surface area contributed by atoms with Crippen LogP contribution < -0.4 is 5.32 Å². The van der Waals surface area contributed by atoms with Gasteiger partial charge in [-0.2, -0.15) is 0 Å². The largest absolute Gasteiger partial charge is 0.310 e. The molecule has 1 heteroatoms. The van der Waals surface area contributed by atoms with Crippen LogP contribution in [0.3, 0.4) is 0 Å². The standard InChI is InChI=1S/C16H23N/c1-15(2)13-9-10-14(11-13)16(15,17-3)12-7-5-4-6-8-12/h4-8,13-14,17H,9-11H2,1-3H3. The van der Waals surface area contributed by atoms with Crippen LogP contribution in [0.1, 0.15) is 38.7 Å². The second-order valence-corrected chi connectivity index (χ2v) is 6.35. The van der Waals surface area contributed by atoms with Gasteiger partial charge in [-0.25, -0.2) is 0 Å². The fourth-order valence-electron chi connectivity index (χ4n) is 4.86. The lowest BCUT2D eigenvalue weighted by atomic mass is 9.60. The van der Waals surface area contributed by atoms with Crippen LogP contribution in [0, 0.1) is 17.3 Å². The Morgan fingerprint density at radius 2 is 1.71 bits per heavy atom. The Bertz CT molecular complexity index is 409. The zero-order chi connectivity index (χ0) is 12.1. The molecule has 2 aliphatic carbocycles. The highest BCUT2D eigenvalue weighted by molar-refractivity contribution is 5.33. The zero-order valence-corrected chi connectivity index (χ0v) is 11.2. The normalized spacial score (nSPS) is 38.5. The molecule has 2 fully saturated rings. The Labute approximate surface area is 105 Å². The van der Waals surface area contributed by atoms with Gasteiger partial charge in [-0.05, 0) is 49.1 Å². The van der Waals surface area contributed by atoms with Crippen LogP contribution in [0.15, 0.2) is 30.3 Å². The van der Waals surface area contributed by atoms with E-state index < -0.39 is 0 Å². The molecule has 0 aromatic heterocycles. The van der Waals surface area contributed by atoms with E-state index in [0.29, 0.717) is 5.41 Å². The smallest absolute Gasteiger partial charge is 0.0515 e. The molecule has 1 aromatic carbocycles. The predicted octanol–water partition coefficient (Wildman–Crippen LogP) is 3.56. The minimum Gasteiger partial charge on any atom is -0.310 e. The summed E-state index contributed by atoms with van der Waals surface area (Å²) >= 11 is 0. The molecule has 0 saturated heterocycles. The van der Waals surface area contributed by atoms with E-state index in [0.717, 1.165) is 11.8 Å². The van der Waals surface area contributed by atoms with Crippen LogP contribution in [0.25, 0.3) is 0 Å². The Balaban J connectivity index is 2.14. The molecule has 1 N–H and O–H groups in total. The molecule has 0 heterocycles. The second-order valence-electron chi connectivity index (χ2n) is 6.35. The molecule has 0 aliphatic heterocycles. The molecular weight excluding hydrogens is 206 g/mol. The van der Waals surface area contributed by atoms with Gasteiger partial charge in [0, 0.05) is 0 Å². The molecule has 92 valence electrons. The maximum atomic E-state index is 3.72. The number of benzene rings is 1. The highest BCUT2D eigenvalue weighted by Gasteiger charge is 2.62. The van der Waals surface area contributed by atoms with Crippen molar-refractivity contribution in [2.75, 3.05) is 7.05 Å². The summed E-state index contributed by atoms with van der Waals surface area (Å²) in [7, 11) is 2.15. The molecule has 1 aromatic rings. The van der Waals surface area contributed by atoms with E-state index in [2.05, 4.69) is 56.5 Å². The van der Waals surface area contributed by atoms with Gasteiger partial charge in [-0.15, -0.1) is 0 Å². The SMILES string of the molecule is CNC1(c2ccccc2)C2CCC(C2)C1(C)C. The fraction of sp³-hybridized carbons (Fsp3) is 0.625. The number of rotatable bonds is 2. The molecular formula is C16H23N. The Morgan fingerprint density at radius 3 is 2.24 bits per heavy atom. The maximum absolute atomic E-state index is 3.72. The Kier molecular flexibility index (Phi) is 2.38. The summed E-state index contributed by atoms with van der Waals surface area (Å²) in [4.78, 5) is 0. The van der Waals surface area contributed by atoms with Crippen LogP contribution in [-0.4, -0.2) is 7.05 Å². The summed E-state index contributed by atoms with van der Waals surface area (Å²) in [5.74, 6) is 1.70. The van der Waals surface area contributed by atoms with Crippen LogP contribution in [0.5, 0.6) is 0 Å². The quantitative estimate of drug-likeness (QED) is 0.817. The minimum absolute atomic E-state index is 0.192. The van der Waals surface area contributed by atoms with Crippen molar-refractivity contribution in [3.63, 3.8) is 0 Å². The van der Waals surface area contributed by atoms with E-state index >= 15 is 0 Å². The summed E-state index contributed by atoms with van der Waals surface area (Å²) in [6.45, 7) is 4.92. The molecule has 0 amide bonds. The summed E-state index contributed by atoms with van der Waals surface area (Å²) in [5, 5.41) is 3.72.